The van der Waals surface area contributed by atoms with Gasteiger partial charge in [-0.1, -0.05) is 26.0 Å². The minimum absolute atomic E-state index is 0.144. The first kappa shape index (κ1) is 15.5. The number of anilines is 1. The Morgan fingerprint density at radius 1 is 1.26 bits per heavy atom. The van der Waals surface area contributed by atoms with E-state index >= 15 is 0 Å². The van der Waals surface area contributed by atoms with E-state index < -0.39 is 0 Å². The van der Waals surface area contributed by atoms with Gasteiger partial charge >= 0.3 is 6.03 Å². The normalized spacial score (nSPS) is 12.3. The van der Waals surface area contributed by atoms with Gasteiger partial charge in [-0.05, 0) is 44.0 Å². The lowest BCUT2D eigenvalue weighted by molar-refractivity contribution is 0.251. The number of hydrogen-bond donors (Lipinski definition) is 3. The van der Waals surface area contributed by atoms with Gasteiger partial charge in [-0.2, -0.15) is 0 Å². The Morgan fingerprint density at radius 2 is 2.00 bits per heavy atom. The van der Waals surface area contributed by atoms with Gasteiger partial charge in [0.2, 0.25) is 0 Å². The van der Waals surface area contributed by atoms with Gasteiger partial charge < -0.3 is 16.0 Å². The fourth-order valence-electron chi connectivity index (χ4n) is 1.70. The quantitative estimate of drug-likeness (QED) is 0.738. The van der Waals surface area contributed by atoms with Crippen molar-refractivity contribution in [2.75, 3.05) is 18.9 Å². The third kappa shape index (κ3) is 5.75. The largest absolute Gasteiger partial charge is 0.338 e. The molecule has 106 valence electrons. The molecule has 1 unspecified atom stereocenters. The molecule has 0 aliphatic carbocycles. The predicted octanol–water partition coefficient (Wildman–Crippen LogP) is 3.13. The molecule has 1 aromatic carbocycles. The number of urea groups is 1. The number of rotatable bonds is 6. The van der Waals surface area contributed by atoms with E-state index in [-0.39, 0.29) is 12.1 Å². The maximum absolute atomic E-state index is 11.7. The molecular weight excluding hydrogens is 238 g/mol. The Balaban J connectivity index is 2.50. The molecule has 0 heterocycles. The fraction of sp³-hybridized carbons (Fsp3) is 0.533. The summed E-state index contributed by atoms with van der Waals surface area (Å²) in [6.07, 6.45) is 0.990. The third-order valence-corrected chi connectivity index (χ3v) is 3.08. The molecule has 0 aliphatic heterocycles. The van der Waals surface area contributed by atoms with Crippen molar-refractivity contribution >= 4 is 11.7 Å². The van der Waals surface area contributed by atoms with Gasteiger partial charge in [0.25, 0.3) is 0 Å². The Morgan fingerprint density at radius 3 is 2.63 bits per heavy atom. The van der Waals surface area contributed by atoms with Crippen LogP contribution >= 0.6 is 0 Å². The molecule has 0 bridgehead atoms. The van der Waals surface area contributed by atoms with Crippen LogP contribution in [-0.2, 0) is 0 Å². The Hall–Kier alpha value is -1.55. The van der Waals surface area contributed by atoms with E-state index in [0.717, 1.165) is 17.7 Å². The number of amides is 2. The molecule has 2 amide bonds. The third-order valence-electron chi connectivity index (χ3n) is 3.08. The average molecular weight is 263 g/mol. The first-order chi connectivity index (χ1) is 9.02. The summed E-state index contributed by atoms with van der Waals surface area (Å²) in [6.45, 7) is 7.07. The molecule has 0 saturated heterocycles. The van der Waals surface area contributed by atoms with E-state index in [4.69, 9.17) is 0 Å². The van der Waals surface area contributed by atoms with E-state index in [1.165, 1.54) is 0 Å². The van der Waals surface area contributed by atoms with Gasteiger partial charge in [-0.3, -0.25) is 0 Å². The van der Waals surface area contributed by atoms with Crippen LogP contribution in [0.15, 0.2) is 24.3 Å². The van der Waals surface area contributed by atoms with E-state index in [2.05, 4.69) is 36.7 Å². The SMILES string of the molecule is CNC(C)c1cccc(NC(=O)NCCC(C)C)c1. The van der Waals surface area contributed by atoms with Crippen LogP contribution in [0.3, 0.4) is 0 Å². The summed E-state index contributed by atoms with van der Waals surface area (Å²) in [7, 11) is 1.92. The lowest BCUT2D eigenvalue weighted by Gasteiger charge is -2.13. The first-order valence-corrected chi connectivity index (χ1v) is 6.85. The summed E-state index contributed by atoms with van der Waals surface area (Å²) in [5.74, 6) is 0.597. The van der Waals surface area contributed by atoms with Crippen LogP contribution in [0.2, 0.25) is 0 Å². The molecule has 0 saturated carbocycles. The molecule has 1 atom stereocenters. The number of carbonyl (C=O) groups is 1. The number of nitrogens with one attached hydrogen (secondary N) is 3. The van der Waals surface area contributed by atoms with E-state index in [9.17, 15) is 4.79 Å². The van der Waals surface area contributed by atoms with Crippen LogP contribution in [0, 0.1) is 5.92 Å². The Labute approximate surface area is 116 Å². The van der Waals surface area contributed by atoms with Crippen molar-refractivity contribution in [2.24, 2.45) is 5.92 Å². The van der Waals surface area contributed by atoms with Crippen molar-refractivity contribution in [3.63, 3.8) is 0 Å². The van der Waals surface area contributed by atoms with Gasteiger partial charge in [-0.25, -0.2) is 4.79 Å². The molecule has 4 nitrogen and oxygen atoms in total. The topological polar surface area (TPSA) is 53.2 Å². The van der Waals surface area contributed by atoms with Gasteiger partial charge in [0.15, 0.2) is 0 Å². The molecule has 1 aromatic rings. The van der Waals surface area contributed by atoms with Crippen molar-refractivity contribution in [2.45, 2.75) is 33.2 Å². The van der Waals surface area contributed by atoms with Crippen molar-refractivity contribution in [3.8, 4) is 0 Å². The molecule has 19 heavy (non-hydrogen) atoms. The second-order valence-corrected chi connectivity index (χ2v) is 5.20. The van der Waals surface area contributed by atoms with Crippen molar-refractivity contribution in [1.29, 1.82) is 0 Å². The highest BCUT2D eigenvalue weighted by molar-refractivity contribution is 5.89. The molecule has 0 radical (unpaired) electrons. The maximum Gasteiger partial charge on any atom is 0.319 e. The summed E-state index contributed by atoms with van der Waals surface area (Å²) in [6, 6.07) is 8.01. The first-order valence-electron chi connectivity index (χ1n) is 6.85. The molecule has 0 spiro atoms. The Bertz CT molecular complexity index is 404. The second-order valence-electron chi connectivity index (χ2n) is 5.20. The van der Waals surface area contributed by atoms with E-state index in [1.807, 2.05) is 31.3 Å². The van der Waals surface area contributed by atoms with Crippen LogP contribution in [0.1, 0.15) is 38.8 Å². The van der Waals surface area contributed by atoms with Crippen LogP contribution in [0.4, 0.5) is 10.5 Å². The summed E-state index contributed by atoms with van der Waals surface area (Å²) >= 11 is 0. The highest BCUT2D eigenvalue weighted by Gasteiger charge is 2.05. The minimum atomic E-state index is -0.144. The minimum Gasteiger partial charge on any atom is -0.338 e. The number of benzene rings is 1. The average Bonchev–Trinajstić information content (AvgIpc) is 2.37. The van der Waals surface area contributed by atoms with Gasteiger partial charge in [0.1, 0.15) is 0 Å². The number of hydrogen-bond acceptors (Lipinski definition) is 2. The second kappa shape index (κ2) is 7.79. The Kier molecular flexibility index (Phi) is 6.36. The zero-order valence-corrected chi connectivity index (χ0v) is 12.3. The zero-order chi connectivity index (χ0) is 14.3. The van der Waals surface area contributed by atoms with Gasteiger partial charge in [0, 0.05) is 18.3 Å². The van der Waals surface area contributed by atoms with Crippen molar-refractivity contribution in [1.82, 2.24) is 10.6 Å². The fourth-order valence-corrected chi connectivity index (χ4v) is 1.70. The van der Waals surface area contributed by atoms with Crippen LogP contribution in [-0.4, -0.2) is 19.6 Å². The standard InChI is InChI=1S/C15H25N3O/c1-11(2)8-9-17-15(19)18-14-7-5-6-13(10-14)12(3)16-4/h5-7,10-12,16H,8-9H2,1-4H3,(H2,17,18,19). The van der Waals surface area contributed by atoms with Crippen LogP contribution < -0.4 is 16.0 Å². The molecule has 0 aliphatic rings. The molecule has 3 N–H and O–H groups in total. The molecule has 0 aromatic heterocycles. The van der Waals surface area contributed by atoms with Crippen molar-refractivity contribution < 1.29 is 4.79 Å². The predicted molar refractivity (Wildman–Crippen MR) is 80.4 cm³/mol. The lowest BCUT2D eigenvalue weighted by Crippen LogP contribution is -2.30. The molecular formula is C15H25N3O. The summed E-state index contributed by atoms with van der Waals surface area (Å²) in [5.41, 5.74) is 1.98. The van der Waals surface area contributed by atoms with Gasteiger partial charge in [-0.15, -0.1) is 0 Å². The summed E-state index contributed by atoms with van der Waals surface area (Å²) in [5, 5.41) is 8.90. The lowest BCUT2D eigenvalue weighted by atomic mass is 10.1. The summed E-state index contributed by atoms with van der Waals surface area (Å²) < 4.78 is 0. The smallest absolute Gasteiger partial charge is 0.319 e. The van der Waals surface area contributed by atoms with E-state index in [1.54, 1.807) is 0 Å². The highest BCUT2D eigenvalue weighted by atomic mass is 16.2. The van der Waals surface area contributed by atoms with E-state index in [0.29, 0.717) is 12.5 Å². The molecule has 1 rings (SSSR count). The number of carbonyl (C=O) groups excluding carboxylic acids is 1. The summed E-state index contributed by atoms with van der Waals surface area (Å²) in [4.78, 5) is 11.7. The molecule has 4 heteroatoms. The monoisotopic (exact) mass is 263 g/mol. The maximum atomic E-state index is 11.7. The van der Waals surface area contributed by atoms with Crippen LogP contribution in [0.5, 0.6) is 0 Å². The highest BCUT2D eigenvalue weighted by Crippen LogP contribution is 2.16. The zero-order valence-electron chi connectivity index (χ0n) is 12.3. The molecule has 0 fully saturated rings. The van der Waals surface area contributed by atoms with Crippen molar-refractivity contribution in [3.05, 3.63) is 29.8 Å². The van der Waals surface area contributed by atoms with Gasteiger partial charge in [0.05, 0.1) is 0 Å². The van der Waals surface area contributed by atoms with Crippen LogP contribution in [0.25, 0.3) is 0 Å².